The van der Waals surface area contributed by atoms with Crippen LogP contribution in [-0.4, -0.2) is 18.0 Å². The highest BCUT2D eigenvalue weighted by Gasteiger charge is 2.20. The Bertz CT molecular complexity index is 389. The molecule has 0 radical (unpaired) electrons. The molecule has 14 heavy (non-hydrogen) atoms. The van der Waals surface area contributed by atoms with Gasteiger partial charge < -0.3 is 4.74 Å². The van der Waals surface area contributed by atoms with Crippen LogP contribution in [-0.2, 0) is 4.74 Å². The fourth-order valence-corrected chi connectivity index (χ4v) is 0.982. The average Bonchev–Trinajstić information content (AvgIpc) is 2.17. The second-order valence-corrected chi connectivity index (χ2v) is 2.65. The molecule has 1 aromatic rings. The molecule has 0 saturated carbocycles. The van der Waals surface area contributed by atoms with Crippen molar-refractivity contribution >= 4 is 11.7 Å². The third kappa shape index (κ3) is 1.85. The van der Waals surface area contributed by atoms with Crippen molar-refractivity contribution in [3.63, 3.8) is 0 Å². The van der Waals surface area contributed by atoms with Crippen LogP contribution in [0.15, 0.2) is 12.3 Å². The molecule has 6 nitrogen and oxygen atoms in total. The first kappa shape index (κ1) is 10.1. The first-order valence-electron chi connectivity index (χ1n) is 3.81. The summed E-state index contributed by atoms with van der Waals surface area (Å²) in [6.07, 6.45) is 1.37. The van der Waals surface area contributed by atoms with E-state index in [2.05, 4.69) is 9.72 Å². The Labute approximate surface area is 79.7 Å². The summed E-state index contributed by atoms with van der Waals surface area (Å²) in [5.74, 6) is -0.607. The largest absolute Gasteiger partial charge is 0.465 e. The molecule has 0 spiro atoms. The number of aryl methyl sites for hydroxylation is 1. The predicted molar refractivity (Wildman–Crippen MR) is 45.7 cm³/mol. The summed E-state index contributed by atoms with van der Waals surface area (Å²) >= 11 is 0. The zero-order valence-corrected chi connectivity index (χ0v) is 7.73. The van der Waals surface area contributed by atoms with E-state index in [1.165, 1.54) is 19.4 Å². The van der Waals surface area contributed by atoms with Crippen LogP contribution < -0.4 is 4.98 Å². The highest BCUT2D eigenvalue weighted by molar-refractivity contribution is 5.89. The summed E-state index contributed by atoms with van der Waals surface area (Å²) in [5.41, 5.74) is 0.389. The van der Waals surface area contributed by atoms with E-state index in [9.17, 15) is 14.9 Å². The van der Waals surface area contributed by atoms with Gasteiger partial charge in [-0.15, -0.1) is 0 Å². The number of methoxy groups -OCH3 is 1. The number of hydrogen-bond donors (Lipinski definition) is 0. The number of ether oxygens (including phenoxy) is 1. The van der Waals surface area contributed by atoms with Crippen LogP contribution in [0.5, 0.6) is 0 Å². The van der Waals surface area contributed by atoms with E-state index >= 15 is 0 Å². The Morgan fingerprint density at radius 2 is 2.29 bits per heavy atom. The van der Waals surface area contributed by atoms with Gasteiger partial charge in [0, 0.05) is 13.0 Å². The average molecular weight is 197 g/mol. The van der Waals surface area contributed by atoms with E-state index in [1.54, 1.807) is 6.92 Å². The van der Waals surface area contributed by atoms with Gasteiger partial charge in [-0.25, -0.2) is 9.78 Å². The van der Waals surface area contributed by atoms with Crippen molar-refractivity contribution < 1.29 is 19.4 Å². The molecule has 1 N–H and O–H groups in total. The molecule has 0 aliphatic carbocycles. The van der Waals surface area contributed by atoms with Crippen LogP contribution in [0.1, 0.15) is 16.1 Å². The van der Waals surface area contributed by atoms with Crippen LogP contribution in [0.4, 0.5) is 5.69 Å². The number of nitrogens with zero attached hydrogens (tertiary/aromatic N) is 1. The number of nitrogens with one attached hydrogen (secondary N) is 1. The molecule has 0 saturated heterocycles. The smallest absolute Gasteiger partial charge is 0.344 e. The fourth-order valence-electron chi connectivity index (χ4n) is 0.982. The van der Waals surface area contributed by atoms with Gasteiger partial charge in [-0.2, -0.15) is 0 Å². The summed E-state index contributed by atoms with van der Waals surface area (Å²) < 4.78 is 4.43. The number of esters is 1. The van der Waals surface area contributed by atoms with E-state index in [0.29, 0.717) is 5.69 Å². The highest BCUT2D eigenvalue weighted by atomic mass is 16.6. The number of aromatic nitrogens is 1. The van der Waals surface area contributed by atoms with Gasteiger partial charge in [-0.1, -0.05) is 0 Å². The summed E-state index contributed by atoms with van der Waals surface area (Å²) in [4.78, 5) is 23.6. The van der Waals surface area contributed by atoms with Gasteiger partial charge in [0.05, 0.1) is 12.0 Å². The van der Waals surface area contributed by atoms with Crippen molar-refractivity contribution in [2.75, 3.05) is 7.11 Å². The standard InChI is InChI=1S/C8H8N2O4/c1-5-7(10(12)13)3-6(4-9-5)8(11)14-2/h3-4H,1-2H3/p+1. The topological polar surface area (TPSA) is 83.6 Å². The summed E-state index contributed by atoms with van der Waals surface area (Å²) in [7, 11) is 1.22. The van der Waals surface area contributed by atoms with Crippen molar-refractivity contribution in [1.29, 1.82) is 0 Å². The minimum atomic E-state index is -0.607. The van der Waals surface area contributed by atoms with E-state index in [4.69, 9.17) is 0 Å². The molecule has 0 unspecified atom stereocenters. The SMILES string of the molecule is COC(=O)c1c[nH+]c(C)c([N+](=O)[O-])c1. The second kappa shape index (κ2) is 3.82. The van der Waals surface area contributed by atoms with Crippen LogP contribution in [0.3, 0.4) is 0 Å². The van der Waals surface area contributed by atoms with Crippen molar-refractivity contribution in [2.45, 2.75) is 6.92 Å². The molecular formula is C8H9N2O4+. The maximum atomic E-state index is 11.0. The molecule has 0 amide bonds. The van der Waals surface area contributed by atoms with Gasteiger partial charge in [-0.3, -0.25) is 10.1 Å². The molecule has 0 fully saturated rings. The zero-order valence-electron chi connectivity index (χ0n) is 7.73. The molecule has 1 heterocycles. The first-order chi connectivity index (χ1) is 6.56. The molecule has 1 aromatic heterocycles. The summed E-state index contributed by atoms with van der Waals surface area (Å²) in [5, 5.41) is 10.5. The van der Waals surface area contributed by atoms with E-state index in [0.717, 1.165) is 0 Å². The van der Waals surface area contributed by atoms with Gasteiger partial charge >= 0.3 is 11.7 Å². The minimum Gasteiger partial charge on any atom is -0.465 e. The lowest BCUT2D eigenvalue weighted by molar-refractivity contribution is -0.426. The Hall–Kier alpha value is -1.98. The molecule has 1 rings (SSSR count). The summed E-state index contributed by atoms with van der Waals surface area (Å²) in [6.45, 7) is 1.55. The van der Waals surface area contributed by atoms with E-state index < -0.39 is 10.9 Å². The number of nitro groups is 1. The van der Waals surface area contributed by atoms with E-state index in [-0.39, 0.29) is 11.3 Å². The highest BCUT2D eigenvalue weighted by Crippen LogP contribution is 2.14. The normalized spacial score (nSPS) is 9.57. The molecule has 6 heteroatoms. The number of rotatable bonds is 2. The van der Waals surface area contributed by atoms with E-state index in [1.807, 2.05) is 0 Å². The van der Waals surface area contributed by atoms with Gasteiger partial charge in [0.2, 0.25) is 0 Å². The maximum Gasteiger partial charge on any atom is 0.344 e. The molecule has 0 aliphatic rings. The number of H-pyrrole nitrogens is 1. The molecule has 0 atom stereocenters. The van der Waals surface area contributed by atoms with Gasteiger partial charge in [-0.05, 0) is 0 Å². The molecular weight excluding hydrogens is 188 g/mol. The quantitative estimate of drug-likeness (QED) is 0.392. The van der Waals surface area contributed by atoms with Crippen molar-refractivity contribution in [1.82, 2.24) is 0 Å². The van der Waals surface area contributed by atoms with Crippen molar-refractivity contribution in [3.8, 4) is 0 Å². The second-order valence-electron chi connectivity index (χ2n) is 2.65. The van der Waals surface area contributed by atoms with Crippen LogP contribution in [0, 0.1) is 17.0 Å². The summed E-state index contributed by atoms with van der Waals surface area (Å²) in [6, 6.07) is 1.18. The number of aromatic amines is 1. The number of carbonyl (C=O) groups is 1. The van der Waals surface area contributed by atoms with Crippen molar-refractivity contribution in [3.05, 3.63) is 33.6 Å². The third-order valence-electron chi connectivity index (χ3n) is 1.74. The zero-order chi connectivity index (χ0) is 10.7. The monoisotopic (exact) mass is 197 g/mol. The Morgan fingerprint density at radius 3 is 2.79 bits per heavy atom. The lowest BCUT2D eigenvalue weighted by Crippen LogP contribution is -2.14. The molecule has 74 valence electrons. The lowest BCUT2D eigenvalue weighted by atomic mass is 10.2. The number of hydrogen-bond acceptors (Lipinski definition) is 4. The third-order valence-corrected chi connectivity index (χ3v) is 1.74. The maximum absolute atomic E-state index is 11.0. The minimum absolute atomic E-state index is 0.129. The van der Waals surface area contributed by atoms with Crippen LogP contribution in [0.2, 0.25) is 0 Å². The molecule has 0 aromatic carbocycles. The number of pyridine rings is 1. The Balaban J connectivity index is 3.19. The predicted octanol–water partition coefficient (Wildman–Crippen LogP) is 0.504. The van der Waals surface area contributed by atoms with Gasteiger partial charge in [0.15, 0.2) is 6.20 Å². The van der Waals surface area contributed by atoms with Crippen molar-refractivity contribution in [2.24, 2.45) is 0 Å². The van der Waals surface area contributed by atoms with Gasteiger partial charge in [0.25, 0.3) is 5.69 Å². The van der Waals surface area contributed by atoms with Crippen LogP contribution >= 0.6 is 0 Å². The Kier molecular flexibility index (Phi) is 2.76. The van der Waals surface area contributed by atoms with Gasteiger partial charge in [0.1, 0.15) is 5.56 Å². The lowest BCUT2D eigenvalue weighted by Gasteiger charge is -1.96. The Morgan fingerprint density at radius 1 is 1.64 bits per heavy atom. The molecule has 0 bridgehead atoms. The first-order valence-corrected chi connectivity index (χ1v) is 3.81. The molecule has 0 aliphatic heterocycles. The van der Waals surface area contributed by atoms with Crippen LogP contribution in [0.25, 0.3) is 0 Å². The fraction of sp³-hybridized carbons (Fsp3) is 0.250. The number of carbonyl (C=O) groups excluding carboxylic acids is 1.